The Balaban J connectivity index is 1.83. The van der Waals surface area contributed by atoms with E-state index >= 15 is 0 Å². The maximum absolute atomic E-state index is 12.7. The topological polar surface area (TPSA) is 103 Å². The fourth-order valence-electron chi connectivity index (χ4n) is 2.73. The third-order valence-electron chi connectivity index (χ3n) is 4.36. The minimum absolute atomic E-state index is 0.0218. The van der Waals surface area contributed by atoms with Crippen molar-refractivity contribution in [2.24, 2.45) is 0 Å². The molecule has 0 heterocycles. The number of sulfonamides is 1. The van der Waals surface area contributed by atoms with Gasteiger partial charge < -0.3 is 19.5 Å². The summed E-state index contributed by atoms with van der Waals surface area (Å²) in [6.07, 6.45) is 0. The predicted molar refractivity (Wildman–Crippen MR) is 117 cm³/mol. The van der Waals surface area contributed by atoms with Crippen LogP contribution >= 0.6 is 0 Å². The second kappa shape index (κ2) is 9.40. The van der Waals surface area contributed by atoms with Crippen LogP contribution in [0.4, 0.5) is 5.69 Å². The molecule has 0 aliphatic heterocycles. The van der Waals surface area contributed by atoms with Crippen LogP contribution in [0, 0.1) is 0 Å². The Morgan fingerprint density at radius 2 is 1.45 bits per heavy atom. The highest BCUT2D eigenvalue weighted by Crippen LogP contribution is 2.35. The molecule has 162 valence electrons. The van der Waals surface area contributed by atoms with E-state index in [4.69, 9.17) is 14.2 Å². The summed E-state index contributed by atoms with van der Waals surface area (Å²) in [6, 6.07) is 17.3. The van der Waals surface area contributed by atoms with Gasteiger partial charge in [0, 0.05) is 18.7 Å². The van der Waals surface area contributed by atoms with Crippen LogP contribution < -0.4 is 24.2 Å². The van der Waals surface area contributed by atoms with E-state index < -0.39 is 10.0 Å². The largest absolute Gasteiger partial charge is 0.497 e. The molecule has 0 saturated carbocycles. The summed E-state index contributed by atoms with van der Waals surface area (Å²) >= 11 is 0. The zero-order chi connectivity index (χ0) is 22.4. The van der Waals surface area contributed by atoms with Gasteiger partial charge >= 0.3 is 0 Å². The highest BCUT2D eigenvalue weighted by atomic mass is 32.2. The van der Waals surface area contributed by atoms with E-state index in [0.717, 1.165) is 0 Å². The maximum atomic E-state index is 12.7. The number of benzene rings is 3. The summed E-state index contributed by atoms with van der Waals surface area (Å²) in [4.78, 5) is 11.7. The van der Waals surface area contributed by atoms with Gasteiger partial charge in [-0.2, -0.15) is 0 Å². The minimum atomic E-state index is -3.88. The second-order valence-corrected chi connectivity index (χ2v) is 8.03. The average Bonchev–Trinajstić information content (AvgIpc) is 2.79. The standard InChI is InChI=1S/C22H22N2O6S/c1-23-22(25)15-4-11-19(12-5-15)31(26,27)24-16-6-13-20(29-3)21(14-16)30-18-9-7-17(28-2)8-10-18/h4-14,24H,1-3H3,(H,23,25). The molecule has 0 fully saturated rings. The molecule has 0 aliphatic rings. The molecule has 3 aromatic rings. The Morgan fingerprint density at radius 3 is 2.03 bits per heavy atom. The minimum Gasteiger partial charge on any atom is -0.497 e. The number of hydrogen-bond acceptors (Lipinski definition) is 6. The van der Waals surface area contributed by atoms with Gasteiger partial charge in [-0.15, -0.1) is 0 Å². The van der Waals surface area contributed by atoms with Crippen molar-refractivity contribution in [2.75, 3.05) is 26.0 Å². The summed E-state index contributed by atoms with van der Waals surface area (Å²) in [7, 11) is 0.693. The number of amides is 1. The molecule has 0 spiro atoms. The van der Waals surface area contributed by atoms with Gasteiger partial charge in [0.25, 0.3) is 15.9 Å². The fraction of sp³-hybridized carbons (Fsp3) is 0.136. The van der Waals surface area contributed by atoms with Crippen LogP contribution in [0.25, 0.3) is 0 Å². The van der Waals surface area contributed by atoms with Crippen LogP contribution in [0.2, 0.25) is 0 Å². The van der Waals surface area contributed by atoms with Gasteiger partial charge in [-0.05, 0) is 60.7 Å². The molecule has 0 saturated heterocycles. The summed E-state index contributed by atoms with van der Waals surface area (Å²) in [5.74, 6) is 1.69. The van der Waals surface area contributed by atoms with Gasteiger partial charge in [0.15, 0.2) is 11.5 Å². The van der Waals surface area contributed by atoms with Gasteiger partial charge in [-0.1, -0.05) is 0 Å². The van der Waals surface area contributed by atoms with E-state index in [-0.39, 0.29) is 10.8 Å². The lowest BCUT2D eigenvalue weighted by Crippen LogP contribution is -2.18. The van der Waals surface area contributed by atoms with Gasteiger partial charge in [0.05, 0.1) is 24.8 Å². The fourth-order valence-corrected chi connectivity index (χ4v) is 3.78. The Morgan fingerprint density at radius 1 is 0.806 bits per heavy atom. The molecular formula is C22H22N2O6S. The summed E-state index contributed by atoms with van der Waals surface area (Å²) in [5, 5.41) is 2.49. The first-order chi connectivity index (χ1) is 14.9. The smallest absolute Gasteiger partial charge is 0.261 e. The highest BCUT2D eigenvalue weighted by molar-refractivity contribution is 7.92. The molecule has 0 radical (unpaired) electrons. The van der Waals surface area contributed by atoms with Crippen LogP contribution in [-0.4, -0.2) is 35.6 Å². The SMILES string of the molecule is CNC(=O)c1ccc(S(=O)(=O)Nc2ccc(OC)c(Oc3ccc(OC)cc3)c2)cc1. The number of nitrogens with one attached hydrogen (secondary N) is 2. The van der Waals surface area contributed by atoms with Gasteiger partial charge in [-0.3, -0.25) is 9.52 Å². The number of carbonyl (C=O) groups excluding carboxylic acids is 1. The molecule has 0 bridgehead atoms. The Kier molecular flexibility index (Phi) is 6.66. The molecule has 0 unspecified atom stereocenters. The number of rotatable bonds is 8. The lowest BCUT2D eigenvalue weighted by molar-refractivity contribution is 0.0963. The molecule has 8 nitrogen and oxygen atoms in total. The summed E-state index contributed by atoms with van der Waals surface area (Å²) in [6.45, 7) is 0. The normalized spacial score (nSPS) is 10.8. The molecule has 9 heteroatoms. The van der Waals surface area contributed by atoms with Crippen LogP contribution in [0.3, 0.4) is 0 Å². The van der Waals surface area contributed by atoms with Crippen molar-refractivity contribution >= 4 is 21.6 Å². The number of carbonyl (C=O) groups is 1. The quantitative estimate of drug-likeness (QED) is 0.552. The van der Waals surface area contributed by atoms with Crippen molar-refractivity contribution in [3.8, 4) is 23.0 Å². The molecule has 3 rings (SSSR count). The van der Waals surface area contributed by atoms with Crippen molar-refractivity contribution < 1.29 is 27.4 Å². The van der Waals surface area contributed by atoms with Crippen LogP contribution in [0.5, 0.6) is 23.0 Å². The van der Waals surface area contributed by atoms with Gasteiger partial charge in [-0.25, -0.2) is 8.42 Å². The third-order valence-corrected chi connectivity index (χ3v) is 5.75. The van der Waals surface area contributed by atoms with E-state index in [9.17, 15) is 13.2 Å². The number of methoxy groups -OCH3 is 2. The van der Waals surface area contributed by atoms with Crippen molar-refractivity contribution in [3.05, 3.63) is 72.3 Å². The van der Waals surface area contributed by atoms with E-state index in [1.807, 2.05) is 0 Å². The average molecular weight is 442 g/mol. The van der Waals surface area contributed by atoms with Crippen molar-refractivity contribution in [1.82, 2.24) is 5.32 Å². The molecule has 0 aromatic heterocycles. The Labute approximate surface area is 180 Å². The molecule has 1 amide bonds. The Bertz CT molecular complexity index is 1160. The first kappa shape index (κ1) is 22.0. The predicted octanol–water partition coefficient (Wildman–Crippen LogP) is 3.66. The number of hydrogen-bond donors (Lipinski definition) is 2. The Hall–Kier alpha value is -3.72. The number of ether oxygens (including phenoxy) is 3. The first-order valence-electron chi connectivity index (χ1n) is 9.21. The van der Waals surface area contributed by atoms with E-state index in [1.165, 1.54) is 44.5 Å². The molecule has 3 aromatic carbocycles. The maximum Gasteiger partial charge on any atom is 0.261 e. The molecule has 0 atom stereocenters. The van der Waals surface area contributed by atoms with E-state index in [1.54, 1.807) is 43.5 Å². The van der Waals surface area contributed by atoms with Crippen molar-refractivity contribution in [3.63, 3.8) is 0 Å². The monoisotopic (exact) mass is 442 g/mol. The summed E-state index contributed by atoms with van der Waals surface area (Å²) in [5.41, 5.74) is 0.653. The third kappa shape index (κ3) is 5.26. The first-order valence-corrected chi connectivity index (χ1v) is 10.7. The number of anilines is 1. The second-order valence-electron chi connectivity index (χ2n) is 6.35. The lowest BCUT2D eigenvalue weighted by Gasteiger charge is -2.14. The highest BCUT2D eigenvalue weighted by Gasteiger charge is 2.17. The zero-order valence-electron chi connectivity index (χ0n) is 17.2. The van der Waals surface area contributed by atoms with Crippen molar-refractivity contribution in [2.45, 2.75) is 4.90 Å². The van der Waals surface area contributed by atoms with Gasteiger partial charge in [0.1, 0.15) is 11.5 Å². The van der Waals surface area contributed by atoms with Crippen molar-refractivity contribution in [1.29, 1.82) is 0 Å². The molecule has 2 N–H and O–H groups in total. The van der Waals surface area contributed by atoms with E-state index in [0.29, 0.717) is 34.2 Å². The summed E-state index contributed by atoms with van der Waals surface area (Å²) < 4.78 is 44.3. The molecular weight excluding hydrogens is 420 g/mol. The van der Waals surface area contributed by atoms with Crippen LogP contribution in [0.15, 0.2) is 71.6 Å². The van der Waals surface area contributed by atoms with Gasteiger partial charge in [0.2, 0.25) is 0 Å². The van der Waals surface area contributed by atoms with E-state index in [2.05, 4.69) is 10.0 Å². The van der Waals surface area contributed by atoms with Crippen LogP contribution in [-0.2, 0) is 10.0 Å². The molecule has 31 heavy (non-hydrogen) atoms. The lowest BCUT2D eigenvalue weighted by atomic mass is 10.2. The van der Waals surface area contributed by atoms with Crippen LogP contribution in [0.1, 0.15) is 10.4 Å². The zero-order valence-corrected chi connectivity index (χ0v) is 18.0. The molecule has 0 aliphatic carbocycles.